The summed E-state index contributed by atoms with van der Waals surface area (Å²) >= 11 is 1.47. The molecule has 0 aliphatic rings. The molecule has 0 rings (SSSR count). The monoisotopic (exact) mass is 519 g/mol. The summed E-state index contributed by atoms with van der Waals surface area (Å²) in [5.74, 6) is -5.07. The van der Waals surface area contributed by atoms with Crippen molar-refractivity contribution in [1.29, 1.82) is 0 Å². The van der Waals surface area contributed by atoms with Gasteiger partial charge in [-0.05, 0) is 37.2 Å². The quantitative estimate of drug-likeness (QED) is 0.0580. The first kappa shape index (κ1) is 31.9. The van der Waals surface area contributed by atoms with Crippen molar-refractivity contribution >= 4 is 47.4 Å². The number of nitrogens with one attached hydrogen (secondary N) is 3. The van der Waals surface area contributed by atoms with Crippen molar-refractivity contribution in [3.8, 4) is 0 Å². The molecule has 4 unspecified atom stereocenters. The van der Waals surface area contributed by atoms with E-state index in [0.717, 1.165) is 0 Å². The number of carboxylic acid groups (broad SMARTS) is 2. The normalized spacial score (nSPS) is 14.2. The second-order valence-corrected chi connectivity index (χ2v) is 9.11. The Kier molecular flexibility index (Phi) is 15.1. The average molecular weight is 520 g/mol. The van der Waals surface area contributed by atoms with Crippen molar-refractivity contribution in [1.82, 2.24) is 16.0 Å². The molecule has 0 aromatic carbocycles. The Morgan fingerprint density at radius 3 is 1.97 bits per heavy atom. The number of hydrogen-bond acceptors (Lipinski definition) is 8. The predicted molar refractivity (Wildman–Crippen MR) is 131 cm³/mol. The molecule has 11 N–H and O–H groups in total. The lowest BCUT2D eigenvalue weighted by Crippen LogP contribution is -2.58. The summed E-state index contributed by atoms with van der Waals surface area (Å²) in [4.78, 5) is 64.6. The molecule has 0 radical (unpaired) electrons. The van der Waals surface area contributed by atoms with Gasteiger partial charge in [-0.3, -0.25) is 24.2 Å². The van der Waals surface area contributed by atoms with Crippen LogP contribution in [0.1, 0.15) is 39.5 Å². The van der Waals surface area contributed by atoms with Gasteiger partial charge in [0, 0.05) is 6.54 Å². The van der Waals surface area contributed by atoms with Gasteiger partial charge in [-0.25, -0.2) is 4.79 Å². The van der Waals surface area contributed by atoms with Gasteiger partial charge in [0.15, 0.2) is 5.96 Å². The highest BCUT2D eigenvalue weighted by atomic mass is 32.2. The van der Waals surface area contributed by atoms with Crippen LogP contribution in [0.2, 0.25) is 0 Å². The van der Waals surface area contributed by atoms with E-state index < -0.39 is 66.2 Å². The van der Waals surface area contributed by atoms with Gasteiger partial charge in [-0.2, -0.15) is 11.8 Å². The average Bonchev–Trinajstić information content (AvgIpc) is 2.75. The van der Waals surface area contributed by atoms with Crippen LogP contribution in [0.25, 0.3) is 0 Å². The van der Waals surface area contributed by atoms with Crippen LogP contribution in [0.3, 0.4) is 0 Å². The highest BCUT2D eigenvalue weighted by Crippen LogP contribution is 2.07. The minimum Gasteiger partial charge on any atom is -0.481 e. The van der Waals surface area contributed by atoms with Gasteiger partial charge < -0.3 is 43.4 Å². The van der Waals surface area contributed by atoms with Crippen LogP contribution in [0.15, 0.2) is 4.99 Å². The Morgan fingerprint density at radius 1 is 0.914 bits per heavy atom. The summed E-state index contributed by atoms with van der Waals surface area (Å²) in [6, 6.07) is -4.92. The lowest BCUT2D eigenvalue weighted by atomic mass is 10.0. The third-order valence-corrected chi connectivity index (χ3v) is 5.43. The highest BCUT2D eigenvalue weighted by Gasteiger charge is 2.32. The molecule has 14 nitrogen and oxygen atoms in total. The number of nitrogens with two attached hydrogens (primary N) is 3. The summed E-state index contributed by atoms with van der Waals surface area (Å²) < 4.78 is 0. The molecule has 3 amide bonds. The number of carbonyl (C=O) groups excluding carboxylic acids is 3. The zero-order valence-corrected chi connectivity index (χ0v) is 21.0. The third-order valence-electron chi connectivity index (χ3n) is 4.79. The Bertz CT molecular complexity index is 775. The molecule has 0 aliphatic carbocycles. The van der Waals surface area contributed by atoms with E-state index in [1.54, 1.807) is 13.8 Å². The van der Waals surface area contributed by atoms with Crippen molar-refractivity contribution in [3.63, 3.8) is 0 Å². The minimum atomic E-state index is -1.51. The first-order valence-electron chi connectivity index (χ1n) is 11.0. The van der Waals surface area contributed by atoms with Crippen LogP contribution >= 0.6 is 11.8 Å². The van der Waals surface area contributed by atoms with Gasteiger partial charge in [0.2, 0.25) is 17.7 Å². The first-order valence-corrected chi connectivity index (χ1v) is 12.3. The molecule has 35 heavy (non-hydrogen) atoms. The van der Waals surface area contributed by atoms with Crippen LogP contribution < -0.4 is 33.2 Å². The number of thioether (sulfide) groups is 1. The van der Waals surface area contributed by atoms with Gasteiger partial charge in [-0.1, -0.05) is 13.8 Å². The van der Waals surface area contributed by atoms with E-state index in [9.17, 15) is 34.2 Å². The Balaban J connectivity index is 5.59. The lowest BCUT2D eigenvalue weighted by molar-refractivity contribution is -0.144. The number of guanidine groups is 1. The molecule has 4 atom stereocenters. The molecule has 0 saturated heterocycles. The second-order valence-electron chi connectivity index (χ2n) is 8.13. The van der Waals surface area contributed by atoms with Crippen LogP contribution in [0, 0.1) is 5.92 Å². The van der Waals surface area contributed by atoms with Gasteiger partial charge in [-0.15, -0.1) is 0 Å². The lowest BCUT2D eigenvalue weighted by Gasteiger charge is -2.25. The molecule has 0 fully saturated rings. The molecule has 0 heterocycles. The van der Waals surface area contributed by atoms with E-state index in [4.69, 9.17) is 17.2 Å². The Labute approximate surface area is 208 Å². The maximum Gasteiger partial charge on any atom is 0.326 e. The summed E-state index contributed by atoms with van der Waals surface area (Å²) in [5.41, 5.74) is 16.3. The van der Waals surface area contributed by atoms with Crippen LogP contribution in [0.5, 0.6) is 0 Å². The molecular formula is C20H37N7O7S. The molecule has 0 aliphatic heterocycles. The SMILES string of the molecule is CSCCC(N)C(=O)NC(CC(=O)O)C(=O)NC(CCCN=C(N)N)C(=O)NC(C(=O)O)C(C)C. The predicted octanol–water partition coefficient (Wildman–Crippen LogP) is -2.21. The fraction of sp³-hybridized carbons (Fsp3) is 0.700. The molecular weight excluding hydrogens is 482 g/mol. The smallest absolute Gasteiger partial charge is 0.326 e. The van der Waals surface area contributed by atoms with E-state index in [-0.39, 0.29) is 25.3 Å². The zero-order chi connectivity index (χ0) is 27.1. The topological polar surface area (TPSA) is 252 Å². The molecule has 0 aromatic rings. The van der Waals surface area contributed by atoms with Gasteiger partial charge in [0.25, 0.3) is 0 Å². The number of carbonyl (C=O) groups is 5. The molecule has 0 saturated carbocycles. The summed E-state index contributed by atoms with van der Waals surface area (Å²) in [6.07, 6.45) is 1.65. The van der Waals surface area contributed by atoms with E-state index in [2.05, 4.69) is 20.9 Å². The molecule has 15 heteroatoms. The minimum absolute atomic E-state index is 0.0137. The molecule has 0 spiro atoms. The summed E-state index contributed by atoms with van der Waals surface area (Å²) in [5, 5.41) is 25.6. The second kappa shape index (κ2) is 16.5. The third kappa shape index (κ3) is 13.4. The van der Waals surface area contributed by atoms with Crippen LogP contribution in [-0.2, 0) is 24.0 Å². The maximum absolute atomic E-state index is 12.9. The zero-order valence-electron chi connectivity index (χ0n) is 20.2. The van der Waals surface area contributed by atoms with Gasteiger partial charge in [0.05, 0.1) is 12.5 Å². The van der Waals surface area contributed by atoms with Crippen molar-refractivity contribution in [2.45, 2.75) is 63.7 Å². The molecule has 0 bridgehead atoms. The number of aliphatic imine (C=N–C) groups is 1. The fourth-order valence-corrected chi connectivity index (χ4v) is 3.34. The van der Waals surface area contributed by atoms with Crippen LogP contribution in [-0.4, -0.2) is 88.6 Å². The van der Waals surface area contributed by atoms with Crippen molar-refractivity contribution in [2.75, 3.05) is 18.6 Å². The Hall–Kier alpha value is -3.07. The van der Waals surface area contributed by atoms with Crippen molar-refractivity contribution < 1.29 is 34.2 Å². The van der Waals surface area contributed by atoms with E-state index in [1.165, 1.54) is 11.8 Å². The van der Waals surface area contributed by atoms with E-state index >= 15 is 0 Å². The molecule has 0 aromatic heterocycles. The summed E-state index contributed by atoms with van der Waals surface area (Å²) in [7, 11) is 0. The standard InChI is InChI=1S/C20H37N7O7S/c1-10(2)15(19(33)34)27-17(31)12(5-4-7-24-20(22)23)25-18(32)13(9-14(28)29)26-16(30)11(21)6-8-35-3/h10-13,15H,4-9,21H2,1-3H3,(H,25,32)(H,26,30)(H,27,31)(H,28,29)(H,33,34)(H4,22,23,24). The first-order chi connectivity index (χ1) is 16.3. The number of rotatable bonds is 17. The Morgan fingerprint density at radius 2 is 1.49 bits per heavy atom. The van der Waals surface area contributed by atoms with E-state index in [1.807, 2.05) is 6.26 Å². The van der Waals surface area contributed by atoms with E-state index in [0.29, 0.717) is 12.2 Å². The van der Waals surface area contributed by atoms with Gasteiger partial charge >= 0.3 is 11.9 Å². The number of hydrogen-bond donors (Lipinski definition) is 8. The van der Waals surface area contributed by atoms with Crippen LogP contribution in [0.4, 0.5) is 0 Å². The fourth-order valence-electron chi connectivity index (χ4n) is 2.85. The highest BCUT2D eigenvalue weighted by molar-refractivity contribution is 7.98. The van der Waals surface area contributed by atoms with Gasteiger partial charge in [0.1, 0.15) is 18.1 Å². The number of amides is 3. The number of carboxylic acids is 2. The van der Waals surface area contributed by atoms with Crippen molar-refractivity contribution in [3.05, 3.63) is 0 Å². The molecule has 200 valence electrons. The number of aliphatic carboxylic acids is 2. The largest absolute Gasteiger partial charge is 0.481 e. The maximum atomic E-state index is 12.9. The number of nitrogens with zero attached hydrogens (tertiary/aromatic N) is 1. The summed E-state index contributed by atoms with van der Waals surface area (Å²) in [6.45, 7) is 3.34. The van der Waals surface area contributed by atoms with Crippen molar-refractivity contribution in [2.24, 2.45) is 28.1 Å².